The molecule has 1 aliphatic rings. The van der Waals surface area contributed by atoms with Crippen LogP contribution in [0.25, 0.3) is 0 Å². The van der Waals surface area contributed by atoms with Crippen LogP contribution in [0.4, 0.5) is 0 Å². The Kier molecular flexibility index (Phi) is 4.12. The molecule has 4 nitrogen and oxygen atoms in total. The number of aliphatic hydroxyl groups is 1. The molecule has 1 atom stereocenters. The predicted octanol–water partition coefficient (Wildman–Crippen LogP) is 2.26. The highest BCUT2D eigenvalue weighted by Crippen LogP contribution is 2.40. The van der Waals surface area contributed by atoms with Crippen molar-refractivity contribution in [3.05, 3.63) is 29.3 Å². The number of aliphatic hydroxyl groups excluding tert-OH is 1. The van der Waals surface area contributed by atoms with Crippen LogP contribution in [0, 0.1) is 0 Å². The minimum absolute atomic E-state index is 0.103. The van der Waals surface area contributed by atoms with Crippen molar-refractivity contribution in [2.75, 3.05) is 12.0 Å². The summed E-state index contributed by atoms with van der Waals surface area (Å²) in [5, 5.41) is 10.3. The van der Waals surface area contributed by atoms with Crippen molar-refractivity contribution in [1.29, 1.82) is 0 Å². The number of para-hydroxylation sites is 1. The molecule has 1 N–H and O–H groups in total. The van der Waals surface area contributed by atoms with E-state index in [2.05, 4.69) is 0 Å². The SMILES string of the molecule is CC1(C)Cc2cccc(C(O)CCCS(C)(=O)=O)c2O1. The normalized spacial score (nSPS) is 18.4. The van der Waals surface area contributed by atoms with Crippen LogP contribution < -0.4 is 4.74 Å². The van der Waals surface area contributed by atoms with Crippen LogP contribution in [0.3, 0.4) is 0 Å². The fourth-order valence-electron chi connectivity index (χ4n) is 2.60. The van der Waals surface area contributed by atoms with E-state index < -0.39 is 15.9 Å². The van der Waals surface area contributed by atoms with Crippen LogP contribution in [-0.2, 0) is 16.3 Å². The van der Waals surface area contributed by atoms with Gasteiger partial charge in [0.2, 0.25) is 0 Å². The molecule has 2 rings (SSSR count). The Balaban J connectivity index is 2.09. The van der Waals surface area contributed by atoms with Crippen LogP contribution in [0.2, 0.25) is 0 Å². The molecule has 112 valence electrons. The van der Waals surface area contributed by atoms with Crippen LogP contribution in [0.15, 0.2) is 18.2 Å². The van der Waals surface area contributed by atoms with Gasteiger partial charge in [0, 0.05) is 24.0 Å². The van der Waals surface area contributed by atoms with Crippen molar-refractivity contribution in [2.45, 2.75) is 44.8 Å². The third kappa shape index (κ3) is 3.73. The highest BCUT2D eigenvalue weighted by atomic mass is 32.2. The van der Waals surface area contributed by atoms with Gasteiger partial charge < -0.3 is 9.84 Å². The molecule has 1 aliphatic heterocycles. The summed E-state index contributed by atoms with van der Waals surface area (Å²) in [6, 6.07) is 5.78. The van der Waals surface area contributed by atoms with Gasteiger partial charge in [0.15, 0.2) is 0 Å². The number of hydrogen-bond acceptors (Lipinski definition) is 4. The topological polar surface area (TPSA) is 63.6 Å². The second-order valence-electron chi connectivity index (χ2n) is 6.16. The first-order valence-electron chi connectivity index (χ1n) is 6.84. The molecule has 0 fully saturated rings. The molecule has 0 aliphatic carbocycles. The minimum Gasteiger partial charge on any atom is -0.487 e. The van der Waals surface area contributed by atoms with E-state index in [4.69, 9.17) is 4.74 Å². The monoisotopic (exact) mass is 298 g/mol. The van der Waals surface area contributed by atoms with E-state index in [9.17, 15) is 13.5 Å². The van der Waals surface area contributed by atoms with Crippen molar-refractivity contribution in [1.82, 2.24) is 0 Å². The molecule has 0 amide bonds. The van der Waals surface area contributed by atoms with E-state index in [1.165, 1.54) is 6.26 Å². The average molecular weight is 298 g/mol. The number of ether oxygens (including phenoxy) is 1. The zero-order valence-electron chi connectivity index (χ0n) is 12.2. The molecule has 0 bridgehead atoms. The van der Waals surface area contributed by atoms with Gasteiger partial charge in [-0.15, -0.1) is 0 Å². The average Bonchev–Trinajstić information content (AvgIpc) is 2.60. The molecule has 5 heteroatoms. The maximum atomic E-state index is 11.1. The van der Waals surface area contributed by atoms with Gasteiger partial charge in [-0.3, -0.25) is 0 Å². The van der Waals surface area contributed by atoms with Crippen LogP contribution in [0.5, 0.6) is 5.75 Å². The second kappa shape index (κ2) is 5.37. The number of sulfone groups is 1. The molecular weight excluding hydrogens is 276 g/mol. The van der Waals surface area contributed by atoms with Crippen LogP contribution in [-0.4, -0.2) is 31.1 Å². The summed E-state index contributed by atoms with van der Waals surface area (Å²) in [5.41, 5.74) is 1.63. The molecule has 1 unspecified atom stereocenters. The molecule has 1 aromatic rings. The summed E-state index contributed by atoms with van der Waals surface area (Å²) in [6.45, 7) is 4.04. The van der Waals surface area contributed by atoms with E-state index >= 15 is 0 Å². The lowest BCUT2D eigenvalue weighted by atomic mass is 9.98. The number of fused-ring (bicyclic) bond motifs is 1. The summed E-state index contributed by atoms with van der Waals surface area (Å²) < 4.78 is 28.1. The van der Waals surface area contributed by atoms with Gasteiger partial charge >= 0.3 is 0 Å². The maximum Gasteiger partial charge on any atom is 0.147 e. The Bertz CT molecular complexity index is 590. The summed E-state index contributed by atoms with van der Waals surface area (Å²) in [5.74, 6) is 0.871. The first kappa shape index (κ1) is 15.3. The molecule has 0 aromatic heterocycles. The maximum absolute atomic E-state index is 11.1. The molecule has 1 aromatic carbocycles. The smallest absolute Gasteiger partial charge is 0.147 e. The van der Waals surface area contributed by atoms with Crippen LogP contribution in [0.1, 0.15) is 43.9 Å². The summed E-state index contributed by atoms with van der Waals surface area (Å²) in [6.07, 6.45) is 2.23. The van der Waals surface area contributed by atoms with Crippen molar-refractivity contribution < 1.29 is 18.3 Å². The van der Waals surface area contributed by atoms with Gasteiger partial charge in [-0.1, -0.05) is 18.2 Å². The fourth-order valence-corrected chi connectivity index (χ4v) is 3.29. The highest BCUT2D eigenvalue weighted by molar-refractivity contribution is 7.90. The molecule has 0 saturated heterocycles. The molecule has 0 radical (unpaired) electrons. The first-order valence-corrected chi connectivity index (χ1v) is 8.91. The quantitative estimate of drug-likeness (QED) is 0.905. The molecule has 0 saturated carbocycles. The lowest BCUT2D eigenvalue weighted by molar-refractivity contribution is 0.123. The Morgan fingerprint density at radius 2 is 2.10 bits per heavy atom. The Labute approximate surface area is 120 Å². The molecule has 1 heterocycles. The lowest BCUT2D eigenvalue weighted by Gasteiger charge is -2.20. The van der Waals surface area contributed by atoms with E-state index in [0.29, 0.717) is 12.8 Å². The van der Waals surface area contributed by atoms with Gasteiger partial charge in [-0.25, -0.2) is 8.42 Å². The summed E-state index contributed by atoms with van der Waals surface area (Å²) >= 11 is 0. The van der Waals surface area contributed by atoms with E-state index in [0.717, 1.165) is 23.3 Å². The van der Waals surface area contributed by atoms with Crippen molar-refractivity contribution >= 4 is 9.84 Å². The minimum atomic E-state index is -2.97. The molecular formula is C15H22O4S. The number of rotatable bonds is 5. The van der Waals surface area contributed by atoms with Gasteiger partial charge in [0.05, 0.1) is 6.10 Å². The van der Waals surface area contributed by atoms with Gasteiger partial charge in [0.25, 0.3) is 0 Å². The van der Waals surface area contributed by atoms with Crippen molar-refractivity contribution in [2.24, 2.45) is 0 Å². The third-order valence-electron chi connectivity index (χ3n) is 3.47. The molecule has 0 spiro atoms. The van der Waals surface area contributed by atoms with E-state index in [1.807, 2.05) is 32.0 Å². The zero-order chi connectivity index (χ0) is 15.0. The van der Waals surface area contributed by atoms with Crippen molar-refractivity contribution in [3.8, 4) is 5.75 Å². The summed E-state index contributed by atoms with van der Waals surface area (Å²) in [7, 11) is -2.97. The first-order chi connectivity index (χ1) is 9.18. The van der Waals surface area contributed by atoms with Crippen LogP contribution >= 0.6 is 0 Å². The highest BCUT2D eigenvalue weighted by Gasteiger charge is 2.32. The standard InChI is InChI=1S/C15H22O4S/c1-15(2)10-11-6-4-7-12(14(11)19-15)13(16)8-5-9-20(3,17)18/h4,6-7,13,16H,5,8-10H2,1-3H3. The second-order valence-corrected chi connectivity index (χ2v) is 8.42. The van der Waals surface area contributed by atoms with Gasteiger partial charge in [-0.05, 0) is 32.3 Å². The van der Waals surface area contributed by atoms with Gasteiger partial charge in [0.1, 0.15) is 21.2 Å². The number of hydrogen-bond donors (Lipinski definition) is 1. The van der Waals surface area contributed by atoms with Gasteiger partial charge in [-0.2, -0.15) is 0 Å². The zero-order valence-corrected chi connectivity index (χ0v) is 13.0. The Hall–Kier alpha value is -1.07. The summed E-state index contributed by atoms with van der Waals surface area (Å²) in [4.78, 5) is 0. The fraction of sp³-hybridized carbons (Fsp3) is 0.600. The third-order valence-corrected chi connectivity index (χ3v) is 4.50. The predicted molar refractivity (Wildman–Crippen MR) is 78.8 cm³/mol. The molecule has 20 heavy (non-hydrogen) atoms. The van der Waals surface area contributed by atoms with Crippen molar-refractivity contribution in [3.63, 3.8) is 0 Å². The van der Waals surface area contributed by atoms with E-state index in [-0.39, 0.29) is 11.4 Å². The van der Waals surface area contributed by atoms with E-state index in [1.54, 1.807) is 0 Å². The lowest BCUT2D eigenvalue weighted by Crippen LogP contribution is -2.25. The largest absolute Gasteiger partial charge is 0.487 e. The number of benzene rings is 1. The Morgan fingerprint density at radius 3 is 2.75 bits per heavy atom. The Morgan fingerprint density at radius 1 is 1.40 bits per heavy atom.